The van der Waals surface area contributed by atoms with Crippen LogP contribution in [0.5, 0.6) is 0 Å². The van der Waals surface area contributed by atoms with Crippen molar-refractivity contribution in [2.75, 3.05) is 30.7 Å². The largest absolute Gasteiger partial charge is 0.397 e. The summed E-state index contributed by atoms with van der Waals surface area (Å²) in [6, 6.07) is 31.9. The first-order valence-electron chi connectivity index (χ1n) is 18.8. The van der Waals surface area contributed by atoms with Gasteiger partial charge >= 0.3 is 0 Å². The van der Waals surface area contributed by atoms with E-state index in [0.29, 0.717) is 37.2 Å². The van der Waals surface area contributed by atoms with Gasteiger partial charge in [-0.2, -0.15) is 0 Å². The summed E-state index contributed by atoms with van der Waals surface area (Å²) in [5.74, 6) is -0.0712. The third-order valence-electron chi connectivity index (χ3n) is 9.98. The van der Waals surface area contributed by atoms with E-state index in [9.17, 15) is 14.7 Å². The van der Waals surface area contributed by atoms with Crippen LogP contribution in [0.15, 0.2) is 97.1 Å². The number of anilines is 2. The van der Waals surface area contributed by atoms with E-state index < -0.39 is 6.29 Å². The minimum atomic E-state index is -0.509. The Kier molecular flexibility index (Phi) is 13.5. The van der Waals surface area contributed by atoms with Crippen molar-refractivity contribution in [1.29, 1.82) is 0 Å². The lowest BCUT2D eigenvalue weighted by atomic mass is 9.98. The van der Waals surface area contributed by atoms with Gasteiger partial charge in [-0.3, -0.25) is 9.59 Å². The average Bonchev–Trinajstić information content (AvgIpc) is 3.18. The molecule has 2 fully saturated rings. The van der Waals surface area contributed by atoms with Crippen molar-refractivity contribution in [2.45, 2.75) is 89.4 Å². The zero-order valence-corrected chi connectivity index (χ0v) is 30.0. The SMILES string of the molecule is Nc1ccccc1NC(=O)CCCCCC(=O)NCc1cccc(-c2cccc([C@H]3O[C@@H](CN4CCCCC4)C[C@@H](c4ccc(CO)cc4)O3)c2)c1. The fraction of sp³-hybridized carbons (Fsp3) is 0.395. The number of amides is 2. The molecule has 2 heterocycles. The molecule has 9 nitrogen and oxygen atoms in total. The zero-order valence-electron chi connectivity index (χ0n) is 30.0. The monoisotopic (exact) mass is 704 g/mol. The highest BCUT2D eigenvalue weighted by molar-refractivity contribution is 5.93. The summed E-state index contributed by atoms with van der Waals surface area (Å²) in [6.07, 6.45) is 6.99. The van der Waals surface area contributed by atoms with E-state index in [4.69, 9.17) is 15.2 Å². The van der Waals surface area contributed by atoms with Gasteiger partial charge in [0.15, 0.2) is 6.29 Å². The summed E-state index contributed by atoms with van der Waals surface area (Å²) in [5, 5.41) is 15.5. The highest BCUT2D eigenvalue weighted by Gasteiger charge is 2.33. The molecule has 2 aliphatic rings. The van der Waals surface area contributed by atoms with Crippen molar-refractivity contribution in [3.05, 3.63) is 119 Å². The molecule has 0 spiro atoms. The predicted molar refractivity (Wildman–Crippen MR) is 205 cm³/mol. The molecule has 0 radical (unpaired) electrons. The van der Waals surface area contributed by atoms with E-state index >= 15 is 0 Å². The van der Waals surface area contributed by atoms with Crippen LogP contribution in [-0.4, -0.2) is 47.6 Å². The molecule has 274 valence electrons. The van der Waals surface area contributed by atoms with Gasteiger partial charge in [0.25, 0.3) is 0 Å². The number of ether oxygens (including phenoxy) is 2. The van der Waals surface area contributed by atoms with Crippen molar-refractivity contribution in [3.63, 3.8) is 0 Å². The number of rotatable bonds is 15. The summed E-state index contributed by atoms with van der Waals surface area (Å²) >= 11 is 0. The number of piperidine rings is 1. The van der Waals surface area contributed by atoms with Crippen LogP contribution in [-0.2, 0) is 32.2 Å². The third kappa shape index (κ3) is 10.7. The Morgan fingerprint density at radius 1 is 0.750 bits per heavy atom. The maximum Gasteiger partial charge on any atom is 0.224 e. The second-order valence-corrected chi connectivity index (χ2v) is 14.0. The number of hydrogen-bond acceptors (Lipinski definition) is 7. The molecule has 3 atom stereocenters. The topological polar surface area (TPSA) is 126 Å². The first-order valence-corrected chi connectivity index (χ1v) is 18.8. The lowest BCUT2D eigenvalue weighted by Gasteiger charge is -2.39. The Hall–Kier alpha value is -4.54. The summed E-state index contributed by atoms with van der Waals surface area (Å²) in [5.41, 5.74) is 13.2. The Morgan fingerprint density at radius 2 is 1.48 bits per heavy atom. The van der Waals surface area contributed by atoms with Crippen LogP contribution in [0.1, 0.15) is 92.4 Å². The number of hydrogen-bond donors (Lipinski definition) is 4. The van der Waals surface area contributed by atoms with Crippen LogP contribution in [0.3, 0.4) is 0 Å². The number of aliphatic hydroxyl groups excluding tert-OH is 1. The number of para-hydroxylation sites is 2. The normalized spacial score (nSPS) is 19.2. The number of nitrogens with zero attached hydrogens (tertiary/aromatic N) is 1. The van der Waals surface area contributed by atoms with Gasteiger partial charge in [0.2, 0.25) is 11.8 Å². The van der Waals surface area contributed by atoms with Gasteiger partial charge in [-0.15, -0.1) is 0 Å². The molecule has 5 N–H and O–H groups in total. The van der Waals surface area contributed by atoms with Crippen molar-refractivity contribution >= 4 is 23.2 Å². The molecule has 9 heteroatoms. The number of nitrogens with two attached hydrogens (primary N) is 1. The maximum atomic E-state index is 12.6. The van der Waals surface area contributed by atoms with Gasteiger partial charge < -0.3 is 35.8 Å². The van der Waals surface area contributed by atoms with E-state index in [0.717, 1.165) is 72.3 Å². The lowest BCUT2D eigenvalue weighted by molar-refractivity contribution is -0.253. The molecule has 4 aromatic rings. The summed E-state index contributed by atoms with van der Waals surface area (Å²) in [4.78, 5) is 27.4. The standard InChI is InChI=1S/C43H52N4O5/c44-38-15-5-6-16-39(38)46-42(50)18-4-1-3-17-41(49)45-28-32-11-9-12-34(25-32)35-13-10-14-36(26-35)43-51-37(29-47-23-7-2-8-24-47)27-40(52-43)33-21-19-31(30-48)20-22-33/h5-6,9-16,19-22,25-26,37,40,43,48H,1-4,7-8,17-18,23-24,27-30,44H2,(H,45,49)(H,46,50)/t37-,40+,43+/m1/s1. The predicted octanol–water partition coefficient (Wildman–Crippen LogP) is 7.66. The van der Waals surface area contributed by atoms with Crippen LogP contribution in [0.2, 0.25) is 0 Å². The molecule has 4 aromatic carbocycles. The van der Waals surface area contributed by atoms with Gasteiger partial charge in [-0.1, -0.05) is 85.6 Å². The highest BCUT2D eigenvalue weighted by Crippen LogP contribution is 2.39. The Balaban J connectivity index is 1.02. The highest BCUT2D eigenvalue weighted by atomic mass is 16.7. The summed E-state index contributed by atoms with van der Waals surface area (Å²) in [7, 11) is 0. The van der Waals surface area contributed by atoms with E-state index in [1.54, 1.807) is 12.1 Å². The number of nitrogens with one attached hydrogen (secondary N) is 2. The molecule has 2 saturated heterocycles. The molecule has 0 bridgehead atoms. The quantitative estimate of drug-likeness (QED) is 0.0740. The number of unbranched alkanes of at least 4 members (excludes halogenated alkanes) is 2. The molecule has 0 aliphatic carbocycles. The zero-order chi connectivity index (χ0) is 36.1. The first kappa shape index (κ1) is 37.2. The molecule has 0 saturated carbocycles. The minimum Gasteiger partial charge on any atom is -0.397 e. The molecule has 2 amide bonds. The van der Waals surface area contributed by atoms with Gasteiger partial charge in [0.05, 0.1) is 30.2 Å². The Labute approximate surface area is 307 Å². The van der Waals surface area contributed by atoms with Gasteiger partial charge in [-0.05, 0) is 90.9 Å². The van der Waals surface area contributed by atoms with Crippen LogP contribution in [0.4, 0.5) is 11.4 Å². The van der Waals surface area contributed by atoms with E-state index in [1.165, 1.54) is 19.3 Å². The minimum absolute atomic E-state index is 0.000157. The first-order chi connectivity index (χ1) is 25.4. The Bertz CT molecular complexity index is 1760. The second kappa shape index (κ2) is 18.8. The van der Waals surface area contributed by atoms with Crippen LogP contribution >= 0.6 is 0 Å². The van der Waals surface area contributed by atoms with Crippen LogP contribution in [0, 0.1) is 0 Å². The maximum absolute atomic E-state index is 12.6. The van der Waals surface area contributed by atoms with Crippen molar-refractivity contribution in [1.82, 2.24) is 10.2 Å². The van der Waals surface area contributed by atoms with Crippen molar-refractivity contribution in [2.24, 2.45) is 0 Å². The molecular weight excluding hydrogens is 652 g/mol. The molecule has 0 unspecified atom stereocenters. The number of carbonyl (C=O) groups is 2. The Morgan fingerprint density at radius 3 is 2.25 bits per heavy atom. The van der Waals surface area contributed by atoms with Crippen molar-refractivity contribution < 1.29 is 24.2 Å². The number of likely N-dealkylation sites (tertiary alicyclic amines) is 1. The lowest BCUT2D eigenvalue weighted by Crippen LogP contribution is -2.41. The number of benzene rings is 4. The number of nitrogen functional groups attached to an aromatic ring is 1. The van der Waals surface area contributed by atoms with Crippen LogP contribution < -0.4 is 16.4 Å². The van der Waals surface area contributed by atoms with E-state index in [1.807, 2.05) is 42.5 Å². The molecule has 6 rings (SSSR count). The molecule has 52 heavy (non-hydrogen) atoms. The fourth-order valence-corrected chi connectivity index (χ4v) is 7.05. The summed E-state index contributed by atoms with van der Waals surface area (Å²) < 4.78 is 13.3. The second-order valence-electron chi connectivity index (χ2n) is 14.0. The average molecular weight is 705 g/mol. The van der Waals surface area contributed by atoms with E-state index in [2.05, 4.69) is 58.0 Å². The number of aliphatic hydroxyl groups is 1. The van der Waals surface area contributed by atoms with Crippen LogP contribution in [0.25, 0.3) is 11.1 Å². The molecular formula is C43H52N4O5. The number of carbonyl (C=O) groups excluding carboxylic acids is 2. The van der Waals surface area contributed by atoms with Gasteiger partial charge in [-0.25, -0.2) is 0 Å². The summed E-state index contributed by atoms with van der Waals surface area (Å²) in [6.45, 7) is 3.57. The smallest absolute Gasteiger partial charge is 0.224 e. The molecule has 0 aromatic heterocycles. The third-order valence-corrected chi connectivity index (χ3v) is 9.98. The van der Waals surface area contributed by atoms with Crippen molar-refractivity contribution in [3.8, 4) is 11.1 Å². The molecule has 2 aliphatic heterocycles. The van der Waals surface area contributed by atoms with Gasteiger partial charge in [0, 0.05) is 37.9 Å². The van der Waals surface area contributed by atoms with E-state index in [-0.39, 0.29) is 30.6 Å². The van der Waals surface area contributed by atoms with Gasteiger partial charge in [0.1, 0.15) is 0 Å². The fourth-order valence-electron chi connectivity index (χ4n) is 7.05.